The average molecular weight is 294 g/mol. The number of aromatic nitrogens is 2. The Kier molecular flexibility index (Phi) is 3.45. The van der Waals surface area contributed by atoms with E-state index in [2.05, 4.69) is 51.0 Å². The Morgan fingerprint density at radius 2 is 1.64 bits per heavy atom. The molecule has 3 heterocycles. The first-order chi connectivity index (χ1) is 10.8. The summed E-state index contributed by atoms with van der Waals surface area (Å²) < 4.78 is 0. The Labute approximate surface area is 131 Å². The number of anilines is 2. The first kappa shape index (κ1) is 13.6. The molecule has 114 valence electrons. The minimum absolute atomic E-state index is 0.950. The second kappa shape index (κ2) is 5.59. The maximum atomic E-state index is 4.51. The van der Waals surface area contributed by atoms with Crippen LogP contribution >= 0.6 is 0 Å². The van der Waals surface area contributed by atoms with Gasteiger partial charge in [-0.2, -0.15) is 0 Å². The van der Waals surface area contributed by atoms with Gasteiger partial charge in [-0.3, -0.25) is 0 Å². The lowest BCUT2D eigenvalue weighted by Crippen LogP contribution is -2.31. The molecule has 1 aromatic carbocycles. The summed E-state index contributed by atoms with van der Waals surface area (Å²) in [7, 11) is 0. The van der Waals surface area contributed by atoms with Gasteiger partial charge in [0.05, 0.1) is 0 Å². The van der Waals surface area contributed by atoms with E-state index in [0.29, 0.717) is 0 Å². The van der Waals surface area contributed by atoms with E-state index in [9.17, 15) is 0 Å². The molecule has 4 heteroatoms. The van der Waals surface area contributed by atoms with Crippen LogP contribution in [0.5, 0.6) is 0 Å². The maximum Gasteiger partial charge on any atom is 0.134 e. The predicted molar refractivity (Wildman–Crippen MR) is 89.4 cm³/mol. The summed E-state index contributed by atoms with van der Waals surface area (Å²) in [5, 5.41) is 0. The number of nitrogens with zero attached hydrogens (tertiary/aromatic N) is 4. The average Bonchev–Trinajstić information content (AvgIpc) is 3.09. The van der Waals surface area contributed by atoms with Crippen molar-refractivity contribution in [3.63, 3.8) is 0 Å². The summed E-state index contributed by atoms with van der Waals surface area (Å²) >= 11 is 0. The molecular weight excluding hydrogens is 272 g/mol. The van der Waals surface area contributed by atoms with Crippen LogP contribution in [0.4, 0.5) is 11.6 Å². The van der Waals surface area contributed by atoms with Crippen LogP contribution < -0.4 is 9.80 Å². The highest BCUT2D eigenvalue weighted by Crippen LogP contribution is 2.26. The number of benzene rings is 1. The highest BCUT2D eigenvalue weighted by Gasteiger charge is 2.20. The van der Waals surface area contributed by atoms with E-state index in [1.54, 1.807) is 6.33 Å². The van der Waals surface area contributed by atoms with Gasteiger partial charge in [0.1, 0.15) is 18.0 Å². The van der Waals surface area contributed by atoms with Crippen LogP contribution in [0.15, 0.2) is 30.6 Å². The normalized spacial score (nSPS) is 17.7. The van der Waals surface area contributed by atoms with Gasteiger partial charge in [0.25, 0.3) is 0 Å². The molecule has 4 rings (SSSR count). The summed E-state index contributed by atoms with van der Waals surface area (Å²) in [6.45, 7) is 6.40. The van der Waals surface area contributed by atoms with Gasteiger partial charge >= 0.3 is 0 Å². The van der Waals surface area contributed by atoms with Gasteiger partial charge in [-0.1, -0.05) is 23.8 Å². The number of hydrogen-bond donors (Lipinski definition) is 0. The van der Waals surface area contributed by atoms with Gasteiger partial charge in [0, 0.05) is 32.2 Å². The molecule has 22 heavy (non-hydrogen) atoms. The quantitative estimate of drug-likeness (QED) is 0.852. The molecule has 0 aliphatic carbocycles. The van der Waals surface area contributed by atoms with Crippen LogP contribution in [0.2, 0.25) is 0 Å². The molecule has 2 aromatic rings. The summed E-state index contributed by atoms with van der Waals surface area (Å²) in [4.78, 5) is 13.7. The minimum Gasteiger partial charge on any atom is -0.356 e. The molecule has 0 radical (unpaired) electrons. The standard InChI is InChI=1S/C18H22N4/c1-14-4-5-16-12-22(9-6-15(16)10-14)18-11-17(19-13-20-18)21-7-2-3-8-21/h4-5,10-11,13H,2-3,6-9,12H2,1H3. The molecule has 4 nitrogen and oxygen atoms in total. The largest absolute Gasteiger partial charge is 0.356 e. The third-order valence-electron chi connectivity index (χ3n) is 4.77. The van der Waals surface area contributed by atoms with Gasteiger partial charge in [-0.05, 0) is 37.3 Å². The molecule has 2 aliphatic heterocycles. The van der Waals surface area contributed by atoms with E-state index < -0.39 is 0 Å². The molecular formula is C18H22N4. The topological polar surface area (TPSA) is 32.3 Å². The summed E-state index contributed by atoms with van der Waals surface area (Å²) in [5.74, 6) is 2.14. The fraction of sp³-hybridized carbons (Fsp3) is 0.444. The third-order valence-corrected chi connectivity index (χ3v) is 4.77. The fourth-order valence-electron chi connectivity index (χ4n) is 3.51. The third kappa shape index (κ3) is 2.54. The first-order valence-corrected chi connectivity index (χ1v) is 8.20. The number of hydrogen-bond acceptors (Lipinski definition) is 4. The Bertz CT molecular complexity index is 677. The van der Waals surface area contributed by atoms with Crippen molar-refractivity contribution in [1.82, 2.24) is 9.97 Å². The van der Waals surface area contributed by atoms with Crippen molar-refractivity contribution >= 4 is 11.6 Å². The van der Waals surface area contributed by atoms with E-state index in [-0.39, 0.29) is 0 Å². The second-order valence-electron chi connectivity index (χ2n) is 6.37. The smallest absolute Gasteiger partial charge is 0.134 e. The lowest BCUT2D eigenvalue weighted by Gasteiger charge is -2.30. The van der Waals surface area contributed by atoms with Crippen LogP contribution in [0.25, 0.3) is 0 Å². The summed E-state index contributed by atoms with van der Waals surface area (Å²) in [5.41, 5.74) is 4.27. The van der Waals surface area contributed by atoms with E-state index in [4.69, 9.17) is 0 Å². The van der Waals surface area contributed by atoms with Crippen LogP contribution in [0, 0.1) is 6.92 Å². The van der Waals surface area contributed by atoms with Gasteiger partial charge in [-0.25, -0.2) is 9.97 Å². The Morgan fingerprint density at radius 1 is 0.864 bits per heavy atom. The first-order valence-electron chi connectivity index (χ1n) is 8.20. The zero-order chi connectivity index (χ0) is 14.9. The van der Waals surface area contributed by atoms with Gasteiger partial charge in [0.15, 0.2) is 0 Å². The molecule has 0 spiro atoms. The predicted octanol–water partition coefficient (Wildman–Crippen LogP) is 2.95. The summed E-state index contributed by atoms with van der Waals surface area (Å²) in [6, 6.07) is 8.95. The molecule has 0 unspecified atom stereocenters. The number of rotatable bonds is 2. The van der Waals surface area contributed by atoms with Crippen LogP contribution in [0.3, 0.4) is 0 Å². The Balaban J connectivity index is 1.57. The Hall–Kier alpha value is -2.10. The molecule has 0 saturated carbocycles. The van der Waals surface area contributed by atoms with E-state index >= 15 is 0 Å². The maximum absolute atomic E-state index is 4.51. The highest BCUT2D eigenvalue weighted by molar-refractivity contribution is 5.52. The molecule has 1 saturated heterocycles. The monoisotopic (exact) mass is 294 g/mol. The fourth-order valence-corrected chi connectivity index (χ4v) is 3.51. The lowest BCUT2D eigenvalue weighted by molar-refractivity contribution is 0.717. The van der Waals surface area contributed by atoms with E-state index in [0.717, 1.165) is 44.2 Å². The zero-order valence-electron chi connectivity index (χ0n) is 13.1. The van der Waals surface area contributed by atoms with Crippen molar-refractivity contribution in [2.75, 3.05) is 29.4 Å². The second-order valence-corrected chi connectivity index (χ2v) is 6.37. The van der Waals surface area contributed by atoms with Crippen LogP contribution in [-0.2, 0) is 13.0 Å². The lowest BCUT2D eigenvalue weighted by atomic mass is 9.98. The van der Waals surface area contributed by atoms with E-state index in [1.165, 1.54) is 29.5 Å². The SMILES string of the molecule is Cc1ccc2c(c1)CCN(c1cc(N3CCCC3)ncn1)C2. The van der Waals surface area contributed by atoms with Crippen molar-refractivity contribution in [2.24, 2.45) is 0 Å². The number of fused-ring (bicyclic) bond motifs is 1. The van der Waals surface area contributed by atoms with Crippen LogP contribution in [-0.4, -0.2) is 29.6 Å². The molecule has 1 aromatic heterocycles. The van der Waals surface area contributed by atoms with Crippen molar-refractivity contribution in [2.45, 2.75) is 32.7 Å². The van der Waals surface area contributed by atoms with E-state index in [1.807, 2.05) is 0 Å². The molecule has 0 bridgehead atoms. The molecule has 0 N–H and O–H groups in total. The molecule has 0 amide bonds. The van der Waals surface area contributed by atoms with Crippen molar-refractivity contribution in [3.8, 4) is 0 Å². The molecule has 2 aliphatic rings. The van der Waals surface area contributed by atoms with Gasteiger partial charge < -0.3 is 9.80 Å². The van der Waals surface area contributed by atoms with Gasteiger partial charge in [-0.15, -0.1) is 0 Å². The Morgan fingerprint density at radius 3 is 2.45 bits per heavy atom. The van der Waals surface area contributed by atoms with Crippen molar-refractivity contribution in [3.05, 3.63) is 47.3 Å². The van der Waals surface area contributed by atoms with Crippen molar-refractivity contribution < 1.29 is 0 Å². The molecule has 0 atom stereocenters. The summed E-state index contributed by atoms with van der Waals surface area (Å²) in [6.07, 6.45) is 5.36. The van der Waals surface area contributed by atoms with Crippen LogP contribution in [0.1, 0.15) is 29.5 Å². The minimum atomic E-state index is 0.950. The highest BCUT2D eigenvalue weighted by atomic mass is 15.2. The molecule has 1 fully saturated rings. The van der Waals surface area contributed by atoms with Crippen molar-refractivity contribution in [1.29, 1.82) is 0 Å². The zero-order valence-corrected chi connectivity index (χ0v) is 13.1. The van der Waals surface area contributed by atoms with Gasteiger partial charge in [0.2, 0.25) is 0 Å². The number of aryl methyl sites for hydroxylation is 1.